The summed E-state index contributed by atoms with van der Waals surface area (Å²) in [5, 5.41) is 0. The molecular formula is C14H17FN2OS. The Morgan fingerprint density at radius 3 is 2.89 bits per heavy atom. The second kappa shape index (κ2) is 5.65. The van der Waals surface area contributed by atoms with E-state index in [1.165, 1.54) is 6.07 Å². The second-order valence-corrected chi connectivity index (χ2v) is 5.37. The molecule has 1 saturated heterocycles. The highest BCUT2D eigenvalue weighted by Crippen LogP contribution is 2.21. The molecule has 0 spiro atoms. The number of amides is 1. The van der Waals surface area contributed by atoms with Gasteiger partial charge in [0, 0.05) is 6.54 Å². The molecule has 0 aliphatic carbocycles. The van der Waals surface area contributed by atoms with Crippen LogP contribution in [0.5, 0.6) is 0 Å². The Hall–Kier alpha value is -1.49. The summed E-state index contributed by atoms with van der Waals surface area (Å²) in [5.41, 5.74) is 6.64. The van der Waals surface area contributed by atoms with E-state index >= 15 is 0 Å². The Labute approximate surface area is 117 Å². The van der Waals surface area contributed by atoms with Gasteiger partial charge in [0.05, 0.1) is 16.6 Å². The largest absolute Gasteiger partial charge is 0.392 e. The van der Waals surface area contributed by atoms with Crippen molar-refractivity contribution < 1.29 is 9.18 Å². The molecule has 1 aliphatic heterocycles. The number of nitrogens with zero attached hydrogens (tertiary/aromatic N) is 1. The molecule has 1 heterocycles. The molecule has 1 fully saturated rings. The number of carbonyl (C=O) groups excluding carboxylic acids is 1. The van der Waals surface area contributed by atoms with E-state index in [0.29, 0.717) is 11.5 Å². The summed E-state index contributed by atoms with van der Waals surface area (Å²) in [6.07, 6.45) is 2.65. The Kier molecular flexibility index (Phi) is 4.14. The van der Waals surface area contributed by atoms with Gasteiger partial charge in [-0.3, -0.25) is 4.79 Å². The lowest BCUT2D eigenvalue weighted by molar-refractivity contribution is 0.0676. The number of benzene rings is 1. The van der Waals surface area contributed by atoms with E-state index < -0.39 is 5.82 Å². The van der Waals surface area contributed by atoms with Gasteiger partial charge in [-0.05, 0) is 38.3 Å². The number of halogens is 1. The molecule has 0 saturated carbocycles. The van der Waals surface area contributed by atoms with Crippen molar-refractivity contribution in [1.29, 1.82) is 0 Å². The summed E-state index contributed by atoms with van der Waals surface area (Å²) < 4.78 is 13.8. The molecule has 0 aromatic heterocycles. The topological polar surface area (TPSA) is 46.3 Å². The van der Waals surface area contributed by atoms with Crippen molar-refractivity contribution in [1.82, 2.24) is 4.90 Å². The van der Waals surface area contributed by atoms with Crippen LogP contribution in [0.25, 0.3) is 0 Å². The van der Waals surface area contributed by atoms with Gasteiger partial charge in [-0.25, -0.2) is 4.39 Å². The normalized spacial score (nSPS) is 19.3. The fourth-order valence-corrected chi connectivity index (χ4v) is 2.67. The molecule has 1 aromatic carbocycles. The molecule has 1 atom stereocenters. The van der Waals surface area contributed by atoms with Crippen LogP contribution in [0.4, 0.5) is 4.39 Å². The zero-order chi connectivity index (χ0) is 14.0. The molecule has 5 heteroatoms. The molecule has 1 unspecified atom stereocenters. The average Bonchev–Trinajstić information content (AvgIpc) is 2.40. The van der Waals surface area contributed by atoms with Crippen LogP contribution in [0.1, 0.15) is 35.2 Å². The van der Waals surface area contributed by atoms with Gasteiger partial charge in [0.15, 0.2) is 0 Å². The van der Waals surface area contributed by atoms with Crippen LogP contribution >= 0.6 is 12.2 Å². The van der Waals surface area contributed by atoms with Gasteiger partial charge < -0.3 is 10.6 Å². The summed E-state index contributed by atoms with van der Waals surface area (Å²) in [5.74, 6) is -0.818. The number of hydrogen-bond donors (Lipinski definition) is 1. The van der Waals surface area contributed by atoms with Gasteiger partial charge in [-0.2, -0.15) is 0 Å². The van der Waals surface area contributed by atoms with Gasteiger partial charge in [-0.1, -0.05) is 23.8 Å². The van der Waals surface area contributed by atoms with Gasteiger partial charge in [0.2, 0.25) is 0 Å². The van der Waals surface area contributed by atoms with Crippen LogP contribution in [-0.4, -0.2) is 28.4 Å². The first-order valence-electron chi connectivity index (χ1n) is 6.37. The van der Waals surface area contributed by atoms with Crippen LogP contribution in [0.2, 0.25) is 0 Å². The number of nitrogens with two attached hydrogens (primary N) is 1. The van der Waals surface area contributed by atoms with Crippen LogP contribution in [0, 0.1) is 12.7 Å². The highest BCUT2D eigenvalue weighted by molar-refractivity contribution is 7.80. The average molecular weight is 280 g/mol. The molecule has 1 aromatic rings. The molecule has 2 N–H and O–H groups in total. The summed E-state index contributed by atoms with van der Waals surface area (Å²) in [6, 6.07) is 4.29. The number of carbonyl (C=O) groups is 1. The number of rotatable bonds is 2. The van der Waals surface area contributed by atoms with E-state index in [1.54, 1.807) is 17.0 Å². The Morgan fingerprint density at radius 1 is 1.47 bits per heavy atom. The molecule has 19 heavy (non-hydrogen) atoms. The first-order valence-corrected chi connectivity index (χ1v) is 6.78. The van der Waals surface area contributed by atoms with E-state index in [2.05, 4.69) is 0 Å². The van der Waals surface area contributed by atoms with Crippen molar-refractivity contribution in [2.45, 2.75) is 32.2 Å². The van der Waals surface area contributed by atoms with Crippen molar-refractivity contribution in [2.24, 2.45) is 5.73 Å². The fraction of sp³-hybridized carbons (Fsp3) is 0.429. The van der Waals surface area contributed by atoms with E-state index in [-0.39, 0.29) is 17.5 Å². The molecule has 0 radical (unpaired) electrons. The maximum Gasteiger partial charge on any atom is 0.257 e. The summed E-state index contributed by atoms with van der Waals surface area (Å²) in [4.78, 5) is 14.4. The van der Waals surface area contributed by atoms with E-state index in [1.807, 2.05) is 6.92 Å². The lowest BCUT2D eigenvalue weighted by Gasteiger charge is -2.35. The third kappa shape index (κ3) is 2.92. The molecule has 0 bridgehead atoms. The summed E-state index contributed by atoms with van der Waals surface area (Å²) in [7, 11) is 0. The van der Waals surface area contributed by atoms with Crippen LogP contribution < -0.4 is 5.73 Å². The number of likely N-dealkylation sites (tertiary alicyclic amines) is 1. The third-order valence-corrected chi connectivity index (χ3v) is 3.72. The minimum absolute atomic E-state index is 0.100. The minimum atomic E-state index is -0.497. The van der Waals surface area contributed by atoms with E-state index in [4.69, 9.17) is 18.0 Å². The van der Waals surface area contributed by atoms with Crippen molar-refractivity contribution >= 4 is 23.1 Å². The van der Waals surface area contributed by atoms with Crippen LogP contribution in [-0.2, 0) is 0 Å². The highest BCUT2D eigenvalue weighted by atomic mass is 32.1. The molecule has 3 nitrogen and oxygen atoms in total. The molecular weight excluding hydrogens is 263 g/mol. The maximum atomic E-state index is 13.8. The Balaban J connectivity index is 2.31. The van der Waals surface area contributed by atoms with Gasteiger partial charge in [0.25, 0.3) is 5.91 Å². The maximum absolute atomic E-state index is 13.8. The monoisotopic (exact) mass is 280 g/mol. The third-order valence-electron chi connectivity index (χ3n) is 3.44. The SMILES string of the molecule is Cc1ccc(F)c(C(=O)N2CCCCC2C(N)=S)c1. The standard InChI is InChI=1S/C14H17FN2OS/c1-9-5-6-11(15)10(8-9)14(18)17-7-3-2-4-12(17)13(16)19/h5-6,8,12H,2-4,7H2,1H3,(H2,16,19). The van der Waals surface area contributed by atoms with Crippen molar-refractivity contribution in [3.63, 3.8) is 0 Å². The van der Waals surface area contributed by atoms with Crippen LogP contribution in [0.15, 0.2) is 18.2 Å². The predicted molar refractivity (Wildman–Crippen MR) is 76.6 cm³/mol. The smallest absolute Gasteiger partial charge is 0.257 e. The summed E-state index contributed by atoms with van der Waals surface area (Å²) >= 11 is 5.01. The predicted octanol–water partition coefficient (Wildman–Crippen LogP) is 2.41. The number of hydrogen-bond acceptors (Lipinski definition) is 2. The molecule has 2 rings (SSSR count). The first-order chi connectivity index (χ1) is 9.00. The van der Waals surface area contributed by atoms with E-state index in [9.17, 15) is 9.18 Å². The molecule has 102 valence electrons. The lowest BCUT2D eigenvalue weighted by Crippen LogP contribution is -2.50. The highest BCUT2D eigenvalue weighted by Gasteiger charge is 2.30. The van der Waals surface area contributed by atoms with Crippen molar-refractivity contribution in [3.05, 3.63) is 35.1 Å². The summed E-state index contributed by atoms with van der Waals surface area (Å²) in [6.45, 7) is 2.41. The number of piperidine rings is 1. The first kappa shape index (κ1) is 13.9. The molecule has 1 aliphatic rings. The minimum Gasteiger partial charge on any atom is -0.392 e. The van der Waals surface area contributed by atoms with Crippen LogP contribution in [0.3, 0.4) is 0 Å². The Bertz CT molecular complexity index is 518. The number of aryl methyl sites for hydroxylation is 1. The second-order valence-electron chi connectivity index (χ2n) is 4.90. The van der Waals surface area contributed by atoms with Gasteiger partial charge >= 0.3 is 0 Å². The number of thiocarbonyl (C=S) groups is 1. The molecule has 1 amide bonds. The lowest BCUT2D eigenvalue weighted by atomic mass is 10.00. The van der Waals surface area contributed by atoms with Gasteiger partial charge in [0.1, 0.15) is 5.82 Å². The van der Waals surface area contributed by atoms with Gasteiger partial charge in [-0.15, -0.1) is 0 Å². The Morgan fingerprint density at radius 2 is 2.21 bits per heavy atom. The quantitative estimate of drug-likeness (QED) is 0.846. The van der Waals surface area contributed by atoms with Crippen molar-refractivity contribution in [2.75, 3.05) is 6.54 Å². The fourth-order valence-electron chi connectivity index (χ4n) is 2.43. The zero-order valence-electron chi connectivity index (χ0n) is 10.9. The van der Waals surface area contributed by atoms with E-state index in [0.717, 1.165) is 24.8 Å². The van der Waals surface area contributed by atoms with Crippen molar-refractivity contribution in [3.8, 4) is 0 Å². The zero-order valence-corrected chi connectivity index (χ0v) is 11.7.